The van der Waals surface area contributed by atoms with Gasteiger partial charge in [-0.2, -0.15) is 0 Å². The fourth-order valence-electron chi connectivity index (χ4n) is 0.723. The lowest BCUT2D eigenvalue weighted by Gasteiger charge is -2.07. The van der Waals surface area contributed by atoms with Gasteiger partial charge in [0.05, 0.1) is 0 Å². The Bertz CT molecular complexity index is 300. The molecule has 2 N–H and O–H groups in total. The number of pyridine rings is 1. The van der Waals surface area contributed by atoms with Crippen molar-refractivity contribution in [2.75, 3.05) is 0 Å². The summed E-state index contributed by atoms with van der Waals surface area (Å²) in [5, 5.41) is 17.2. The molecule has 14 heavy (non-hydrogen) atoms. The summed E-state index contributed by atoms with van der Waals surface area (Å²) in [6.45, 7) is 0. The Morgan fingerprint density at radius 2 is 1.93 bits per heavy atom. The first-order valence-electron chi connectivity index (χ1n) is 3.46. The summed E-state index contributed by atoms with van der Waals surface area (Å²) >= 11 is 0. The molecule has 0 spiro atoms. The molecule has 0 bridgehead atoms. The highest BCUT2D eigenvalue weighted by molar-refractivity contribution is 6.58. The molecule has 1 heterocycles. The molecule has 0 aliphatic carbocycles. The SMILES string of the molecule is OB(O)c1ccc(OC(F)(F)F)nc1. The van der Waals surface area contributed by atoms with Crippen molar-refractivity contribution in [2.24, 2.45) is 0 Å². The molecule has 4 nitrogen and oxygen atoms in total. The molecule has 0 aliphatic heterocycles. The summed E-state index contributed by atoms with van der Waals surface area (Å²) < 4.78 is 38.4. The monoisotopic (exact) mass is 207 g/mol. The summed E-state index contributed by atoms with van der Waals surface area (Å²) in [5.41, 5.74) is -0.0143. The zero-order chi connectivity index (χ0) is 10.8. The van der Waals surface area contributed by atoms with Gasteiger partial charge in [0.25, 0.3) is 0 Å². The van der Waals surface area contributed by atoms with E-state index in [0.29, 0.717) is 0 Å². The van der Waals surface area contributed by atoms with Crippen LogP contribution in [0.5, 0.6) is 5.88 Å². The van der Waals surface area contributed by atoms with Gasteiger partial charge in [-0.1, -0.05) is 6.07 Å². The minimum absolute atomic E-state index is 0.0143. The molecule has 0 saturated heterocycles. The van der Waals surface area contributed by atoms with Crippen LogP contribution in [0, 0.1) is 0 Å². The smallest absolute Gasteiger partial charge is 0.423 e. The van der Waals surface area contributed by atoms with Gasteiger partial charge >= 0.3 is 13.5 Å². The van der Waals surface area contributed by atoms with E-state index in [1.807, 2.05) is 0 Å². The van der Waals surface area contributed by atoms with Crippen molar-refractivity contribution in [1.82, 2.24) is 4.98 Å². The second-order valence-corrected chi connectivity index (χ2v) is 2.35. The van der Waals surface area contributed by atoms with Gasteiger partial charge in [-0.15, -0.1) is 13.2 Å². The Hall–Kier alpha value is -1.28. The van der Waals surface area contributed by atoms with E-state index >= 15 is 0 Å². The molecule has 0 fully saturated rings. The Kier molecular flexibility index (Phi) is 2.97. The standard InChI is InChI=1S/C6H5BF3NO3/c8-6(9,10)14-5-2-1-4(3-11-5)7(12)13/h1-3,12-13H. The lowest BCUT2D eigenvalue weighted by Crippen LogP contribution is -2.30. The molecule has 0 aliphatic rings. The van der Waals surface area contributed by atoms with Crippen molar-refractivity contribution < 1.29 is 28.0 Å². The maximum absolute atomic E-state index is 11.6. The second-order valence-electron chi connectivity index (χ2n) is 2.35. The number of hydrogen-bond acceptors (Lipinski definition) is 4. The van der Waals surface area contributed by atoms with Crippen LogP contribution < -0.4 is 10.2 Å². The Balaban J connectivity index is 2.74. The minimum Gasteiger partial charge on any atom is -0.423 e. The Morgan fingerprint density at radius 1 is 1.29 bits per heavy atom. The summed E-state index contributed by atoms with van der Waals surface area (Å²) in [6.07, 6.45) is -3.92. The van der Waals surface area contributed by atoms with Gasteiger partial charge in [0.2, 0.25) is 5.88 Å². The van der Waals surface area contributed by atoms with E-state index in [2.05, 4.69) is 9.72 Å². The normalized spacial score (nSPS) is 11.2. The van der Waals surface area contributed by atoms with Crippen LogP contribution in [0.1, 0.15) is 0 Å². The molecule has 0 atom stereocenters. The van der Waals surface area contributed by atoms with Crippen molar-refractivity contribution in [2.45, 2.75) is 6.36 Å². The number of nitrogens with zero attached hydrogens (tertiary/aromatic N) is 1. The predicted molar refractivity (Wildman–Crippen MR) is 40.7 cm³/mol. The number of hydrogen-bond donors (Lipinski definition) is 2. The zero-order valence-corrected chi connectivity index (χ0v) is 6.69. The van der Waals surface area contributed by atoms with Gasteiger partial charge < -0.3 is 14.8 Å². The first-order chi connectivity index (χ1) is 6.38. The quantitative estimate of drug-likeness (QED) is 0.651. The van der Waals surface area contributed by atoms with Gasteiger partial charge in [-0.25, -0.2) is 4.98 Å². The maximum atomic E-state index is 11.6. The lowest BCUT2D eigenvalue weighted by atomic mass is 9.82. The molecule has 8 heteroatoms. The highest BCUT2D eigenvalue weighted by Crippen LogP contribution is 2.19. The van der Waals surface area contributed by atoms with E-state index in [1.54, 1.807) is 0 Å². The number of rotatable bonds is 2. The van der Waals surface area contributed by atoms with E-state index in [4.69, 9.17) is 10.0 Å². The van der Waals surface area contributed by atoms with Crippen LogP contribution in [0.25, 0.3) is 0 Å². The number of alkyl halides is 3. The third-order valence-electron chi connectivity index (χ3n) is 1.28. The topological polar surface area (TPSA) is 62.6 Å². The van der Waals surface area contributed by atoms with Crippen LogP contribution in [0.3, 0.4) is 0 Å². The molecule has 1 aromatic heterocycles. The van der Waals surface area contributed by atoms with Crippen molar-refractivity contribution in [3.63, 3.8) is 0 Å². The highest BCUT2D eigenvalue weighted by atomic mass is 19.4. The molecule has 0 radical (unpaired) electrons. The molecule has 76 valence electrons. The van der Waals surface area contributed by atoms with Crippen molar-refractivity contribution in [3.05, 3.63) is 18.3 Å². The van der Waals surface area contributed by atoms with Crippen LogP contribution in [0.15, 0.2) is 18.3 Å². The van der Waals surface area contributed by atoms with Gasteiger partial charge in [-0.3, -0.25) is 0 Å². The molecule has 0 saturated carbocycles. The summed E-state index contributed by atoms with van der Waals surface area (Å²) in [5.74, 6) is -0.651. The summed E-state index contributed by atoms with van der Waals surface area (Å²) in [6, 6.07) is 1.96. The Labute approximate surface area is 77.1 Å². The average Bonchev–Trinajstić information content (AvgIpc) is 2.02. The molecule has 1 aromatic rings. The molecular weight excluding hydrogens is 202 g/mol. The molecule has 0 amide bonds. The molecular formula is C6H5BF3NO3. The third kappa shape index (κ3) is 3.23. The number of halogens is 3. The van der Waals surface area contributed by atoms with Crippen LogP contribution in [0.4, 0.5) is 13.2 Å². The van der Waals surface area contributed by atoms with E-state index in [9.17, 15) is 13.2 Å². The summed E-state index contributed by atoms with van der Waals surface area (Å²) in [4.78, 5) is 3.22. The first-order valence-corrected chi connectivity index (χ1v) is 3.46. The number of aromatic nitrogens is 1. The average molecular weight is 207 g/mol. The van der Waals surface area contributed by atoms with Crippen LogP contribution in [-0.2, 0) is 0 Å². The van der Waals surface area contributed by atoms with E-state index in [0.717, 1.165) is 18.3 Å². The molecule has 0 unspecified atom stereocenters. The van der Waals surface area contributed by atoms with Gasteiger partial charge in [0.15, 0.2) is 0 Å². The second kappa shape index (κ2) is 3.85. The van der Waals surface area contributed by atoms with Crippen molar-refractivity contribution in [3.8, 4) is 5.88 Å². The largest absolute Gasteiger partial charge is 0.574 e. The van der Waals surface area contributed by atoms with E-state index in [1.165, 1.54) is 0 Å². The van der Waals surface area contributed by atoms with Crippen LogP contribution in [-0.4, -0.2) is 28.5 Å². The Morgan fingerprint density at radius 3 is 2.29 bits per heavy atom. The van der Waals surface area contributed by atoms with Gasteiger partial charge in [0.1, 0.15) is 0 Å². The zero-order valence-electron chi connectivity index (χ0n) is 6.69. The lowest BCUT2D eigenvalue weighted by molar-refractivity contribution is -0.276. The predicted octanol–water partition coefficient (Wildman–Crippen LogP) is -0.340. The van der Waals surface area contributed by atoms with Crippen LogP contribution >= 0.6 is 0 Å². The highest BCUT2D eigenvalue weighted by Gasteiger charge is 2.31. The molecule has 1 rings (SSSR count). The van der Waals surface area contributed by atoms with E-state index in [-0.39, 0.29) is 5.46 Å². The van der Waals surface area contributed by atoms with Crippen molar-refractivity contribution >= 4 is 12.6 Å². The van der Waals surface area contributed by atoms with Gasteiger partial charge in [-0.05, 0) is 0 Å². The van der Waals surface area contributed by atoms with E-state index < -0.39 is 19.4 Å². The summed E-state index contributed by atoms with van der Waals surface area (Å²) in [7, 11) is -1.76. The third-order valence-corrected chi connectivity index (χ3v) is 1.28. The number of ether oxygens (including phenoxy) is 1. The van der Waals surface area contributed by atoms with Gasteiger partial charge in [0, 0.05) is 17.7 Å². The maximum Gasteiger partial charge on any atom is 0.574 e. The fourth-order valence-corrected chi connectivity index (χ4v) is 0.723. The molecule has 0 aromatic carbocycles. The van der Waals surface area contributed by atoms with Crippen molar-refractivity contribution in [1.29, 1.82) is 0 Å². The fraction of sp³-hybridized carbons (Fsp3) is 0.167. The van der Waals surface area contributed by atoms with Crippen LogP contribution in [0.2, 0.25) is 0 Å². The minimum atomic E-state index is -4.80. The first kappa shape index (κ1) is 10.8.